The largest absolute Gasteiger partial charge is 0.486 e. The number of carbonyl (C=O) groups is 1. The average Bonchev–Trinajstić information content (AvgIpc) is 2.68. The summed E-state index contributed by atoms with van der Waals surface area (Å²) in [6.07, 6.45) is 0. The molecule has 0 spiro atoms. The Hall–Kier alpha value is -3.81. The van der Waals surface area contributed by atoms with Crippen LogP contribution in [-0.4, -0.2) is 34.3 Å². The van der Waals surface area contributed by atoms with Crippen LogP contribution in [0.1, 0.15) is 16.1 Å². The van der Waals surface area contributed by atoms with Crippen LogP contribution in [0.5, 0.6) is 11.5 Å². The van der Waals surface area contributed by atoms with Gasteiger partial charge in [0, 0.05) is 29.2 Å². The highest BCUT2D eigenvalue weighted by Crippen LogP contribution is 2.33. The molecule has 1 aliphatic heterocycles. The Morgan fingerprint density at radius 2 is 1.64 bits per heavy atom. The molecule has 0 saturated carbocycles. The van der Waals surface area contributed by atoms with E-state index in [-0.39, 0.29) is 5.56 Å². The Labute approximate surface area is 161 Å². The van der Waals surface area contributed by atoms with Crippen molar-refractivity contribution in [1.29, 1.82) is 0 Å². The number of ether oxygens (including phenoxy) is 2. The summed E-state index contributed by atoms with van der Waals surface area (Å²) in [4.78, 5) is 19.8. The normalized spacial score (nSPS) is 12.3. The molecule has 0 atom stereocenters. The summed E-state index contributed by atoms with van der Waals surface area (Å²) in [5, 5.41) is 15.3. The number of nitrogens with one attached hydrogen (secondary N) is 2. The number of aromatic carboxylic acids is 1. The number of anilines is 4. The standard InChI is InChI=1S/C20H18N4O4/c1-12-10-18(22-14-4-2-13(3-5-14)19(25)26)24-20(21-12)23-15-6-7-16-17(11-15)28-9-8-27-16/h2-7,10-11H,8-9H2,1H3,(H,25,26)(H2,21,22,23,24). The van der Waals surface area contributed by atoms with Crippen molar-refractivity contribution in [2.75, 3.05) is 23.8 Å². The van der Waals surface area contributed by atoms with Crippen molar-refractivity contribution < 1.29 is 19.4 Å². The van der Waals surface area contributed by atoms with E-state index in [9.17, 15) is 4.79 Å². The second-order valence-electron chi connectivity index (χ2n) is 6.21. The molecular formula is C20H18N4O4. The fraction of sp³-hybridized carbons (Fsp3) is 0.150. The van der Waals surface area contributed by atoms with E-state index in [1.807, 2.05) is 25.1 Å². The molecule has 0 bridgehead atoms. The maximum Gasteiger partial charge on any atom is 0.335 e. The molecule has 4 rings (SSSR count). The van der Waals surface area contributed by atoms with Gasteiger partial charge in [0.25, 0.3) is 0 Å². The quantitative estimate of drug-likeness (QED) is 0.617. The molecule has 0 fully saturated rings. The van der Waals surface area contributed by atoms with Gasteiger partial charge in [-0.1, -0.05) is 0 Å². The molecule has 1 aliphatic rings. The smallest absolute Gasteiger partial charge is 0.335 e. The molecule has 3 aromatic rings. The molecule has 0 amide bonds. The SMILES string of the molecule is Cc1cc(Nc2ccc(C(=O)O)cc2)nc(Nc2ccc3c(c2)OCCO3)n1. The van der Waals surface area contributed by atoms with E-state index < -0.39 is 5.97 Å². The summed E-state index contributed by atoms with van der Waals surface area (Å²) in [6.45, 7) is 2.94. The highest BCUT2D eigenvalue weighted by atomic mass is 16.6. The molecule has 28 heavy (non-hydrogen) atoms. The molecule has 8 heteroatoms. The number of nitrogens with zero attached hydrogens (tertiary/aromatic N) is 2. The Morgan fingerprint density at radius 1 is 0.929 bits per heavy atom. The third-order valence-electron chi connectivity index (χ3n) is 4.06. The Balaban J connectivity index is 1.53. The van der Waals surface area contributed by atoms with Crippen LogP contribution in [0.2, 0.25) is 0 Å². The van der Waals surface area contributed by atoms with Gasteiger partial charge >= 0.3 is 5.97 Å². The molecule has 142 valence electrons. The zero-order valence-electron chi connectivity index (χ0n) is 15.1. The minimum Gasteiger partial charge on any atom is -0.486 e. The van der Waals surface area contributed by atoms with E-state index >= 15 is 0 Å². The van der Waals surface area contributed by atoms with Crippen LogP contribution in [0.4, 0.5) is 23.1 Å². The van der Waals surface area contributed by atoms with Crippen molar-refractivity contribution in [3.05, 3.63) is 59.8 Å². The van der Waals surface area contributed by atoms with Crippen molar-refractivity contribution in [2.45, 2.75) is 6.92 Å². The molecule has 0 aliphatic carbocycles. The maximum absolute atomic E-state index is 11.0. The van der Waals surface area contributed by atoms with Crippen molar-refractivity contribution in [2.24, 2.45) is 0 Å². The summed E-state index contributed by atoms with van der Waals surface area (Å²) in [5.41, 5.74) is 2.52. The van der Waals surface area contributed by atoms with Crippen LogP contribution in [0.3, 0.4) is 0 Å². The number of rotatable bonds is 5. The molecule has 2 aromatic carbocycles. The number of fused-ring (bicyclic) bond motifs is 1. The number of carboxylic acid groups (broad SMARTS) is 1. The highest BCUT2D eigenvalue weighted by molar-refractivity contribution is 5.88. The summed E-state index contributed by atoms with van der Waals surface area (Å²) in [5.74, 6) is 1.46. The molecule has 2 heterocycles. The summed E-state index contributed by atoms with van der Waals surface area (Å²) < 4.78 is 11.1. The van der Waals surface area contributed by atoms with Gasteiger partial charge in [-0.05, 0) is 43.3 Å². The van der Waals surface area contributed by atoms with Gasteiger partial charge in [-0.2, -0.15) is 4.98 Å². The Bertz CT molecular complexity index is 1020. The fourth-order valence-corrected chi connectivity index (χ4v) is 2.78. The lowest BCUT2D eigenvalue weighted by Gasteiger charge is -2.19. The number of aromatic nitrogens is 2. The topological polar surface area (TPSA) is 106 Å². The monoisotopic (exact) mass is 378 g/mol. The highest BCUT2D eigenvalue weighted by Gasteiger charge is 2.12. The Kier molecular flexibility index (Phi) is 4.67. The lowest BCUT2D eigenvalue weighted by molar-refractivity contribution is 0.0697. The Morgan fingerprint density at radius 3 is 2.39 bits per heavy atom. The minimum atomic E-state index is -0.963. The summed E-state index contributed by atoms with van der Waals surface area (Å²) >= 11 is 0. The molecule has 8 nitrogen and oxygen atoms in total. The van der Waals surface area contributed by atoms with Gasteiger partial charge in [0.1, 0.15) is 19.0 Å². The number of benzene rings is 2. The summed E-state index contributed by atoms with van der Waals surface area (Å²) in [7, 11) is 0. The zero-order chi connectivity index (χ0) is 19.5. The lowest BCUT2D eigenvalue weighted by atomic mass is 10.2. The van der Waals surface area contributed by atoms with Crippen molar-refractivity contribution in [3.63, 3.8) is 0 Å². The first-order valence-corrected chi connectivity index (χ1v) is 8.69. The van der Waals surface area contributed by atoms with Gasteiger partial charge in [0.2, 0.25) is 5.95 Å². The van der Waals surface area contributed by atoms with Crippen LogP contribution >= 0.6 is 0 Å². The first kappa shape index (κ1) is 17.6. The average molecular weight is 378 g/mol. The summed E-state index contributed by atoms with van der Waals surface area (Å²) in [6, 6.07) is 13.8. The number of carboxylic acids is 1. The van der Waals surface area contributed by atoms with Crippen molar-refractivity contribution in [1.82, 2.24) is 9.97 Å². The van der Waals surface area contributed by atoms with E-state index in [1.165, 1.54) is 12.1 Å². The molecule has 0 unspecified atom stereocenters. The fourth-order valence-electron chi connectivity index (χ4n) is 2.78. The number of hydrogen-bond acceptors (Lipinski definition) is 7. The predicted molar refractivity (Wildman–Crippen MR) is 104 cm³/mol. The molecule has 0 saturated heterocycles. The van der Waals surface area contributed by atoms with Gasteiger partial charge in [-0.15, -0.1) is 0 Å². The van der Waals surface area contributed by atoms with Gasteiger partial charge in [-0.25, -0.2) is 9.78 Å². The second-order valence-corrected chi connectivity index (χ2v) is 6.21. The lowest BCUT2D eigenvalue weighted by Crippen LogP contribution is -2.15. The molecule has 0 radical (unpaired) electrons. The van der Waals surface area contributed by atoms with Gasteiger partial charge in [0.15, 0.2) is 11.5 Å². The van der Waals surface area contributed by atoms with E-state index in [2.05, 4.69) is 20.6 Å². The second kappa shape index (κ2) is 7.43. The number of aryl methyl sites for hydroxylation is 1. The van der Waals surface area contributed by atoms with E-state index in [0.717, 1.165) is 17.1 Å². The third-order valence-corrected chi connectivity index (χ3v) is 4.06. The van der Waals surface area contributed by atoms with E-state index in [0.29, 0.717) is 36.5 Å². The van der Waals surface area contributed by atoms with Gasteiger partial charge in [-0.3, -0.25) is 0 Å². The van der Waals surface area contributed by atoms with Crippen molar-refractivity contribution in [3.8, 4) is 11.5 Å². The van der Waals surface area contributed by atoms with Crippen LogP contribution in [0.25, 0.3) is 0 Å². The zero-order valence-corrected chi connectivity index (χ0v) is 15.1. The molecular weight excluding hydrogens is 360 g/mol. The first-order chi connectivity index (χ1) is 13.6. The molecule has 1 aromatic heterocycles. The van der Waals surface area contributed by atoms with Crippen LogP contribution in [0, 0.1) is 6.92 Å². The minimum absolute atomic E-state index is 0.227. The van der Waals surface area contributed by atoms with Gasteiger partial charge < -0.3 is 25.2 Å². The van der Waals surface area contributed by atoms with E-state index in [1.54, 1.807) is 18.2 Å². The third kappa shape index (κ3) is 3.96. The first-order valence-electron chi connectivity index (χ1n) is 8.69. The van der Waals surface area contributed by atoms with Gasteiger partial charge in [0.05, 0.1) is 5.56 Å². The van der Waals surface area contributed by atoms with Crippen LogP contribution in [0.15, 0.2) is 48.5 Å². The van der Waals surface area contributed by atoms with Crippen LogP contribution < -0.4 is 20.1 Å². The molecule has 3 N–H and O–H groups in total. The van der Waals surface area contributed by atoms with Crippen molar-refractivity contribution >= 4 is 29.1 Å². The maximum atomic E-state index is 11.0. The van der Waals surface area contributed by atoms with Crippen LogP contribution in [-0.2, 0) is 0 Å². The predicted octanol–water partition coefficient (Wildman–Crippen LogP) is 3.74. The number of hydrogen-bond donors (Lipinski definition) is 3. The van der Waals surface area contributed by atoms with E-state index in [4.69, 9.17) is 14.6 Å².